The number of rotatable bonds is 6. The van der Waals surface area contributed by atoms with Crippen molar-refractivity contribution in [3.8, 4) is 0 Å². The van der Waals surface area contributed by atoms with Crippen molar-refractivity contribution in [2.45, 2.75) is 38.5 Å². The quantitative estimate of drug-likeness (QED) is 0.719. The van der Waals surface area contributed by atoms with Crippen molar-refractivity contribution in [2.24, 2.45) is 0 Å². The maximum atomic E-state index is 11.7. The zero-order chi connectivity index (χ0) is 13.4. The number of likely N-dealkylation sites (tertiary alicyclic amines) is 1. The van der Waals surface area contributed by atoms with Crippen LogP contribution in [-0.2, 0) is 14.4 Å². The fourth-order valence-corrected chi connectivity index (χ4v) is 1.92. The van der Waals surface area contributed by atoms with Crippen molar-refractivity contribution < 1.29 is 19.5 Å². The highest BCUT2D eigenvalue weighted by atomic mass is 16.4. The van der Waals surface area contributed by atoms with Gasteiger partial charge in [-0.3, -0.25) is 14.4 Å². The smallest absolute Gasteiger partial charge is 0.303 e. The molecular weight excluding hydrogens is 236 g/mol. The second-order valence-electron chi connectivity index (χ2n) is 4.47. The van der Waals surface area contributed by atoms with E-state index in [1.54, 1.807) is 4.90 Å². The molecule has 6 nitrogen and oxygen atoms in total. The van der Waals surface area contributed by atoms with E-state index in [4.69, 9.17) is 5.11 Å². The van der Waals surface area contributed by atoms with E-state index in [2.05, 4.69) is 5.32 Å². The number of aliphatic carboxylic acids is 1. The Morgan fingerprint density at radius 1 is 1.06 bits per heavy atom. The second kappa shape index (κ2) is 7.68. The first-order chi connectivity index (χ1) is 8.59. The Morgan fingerprint density at radius 2 is 1.72 bits per heavy atom. The van der Waals surface area contributed by atoms with E-state index in [1.807, 2.05) is 0 Å². The summed E-state index contributed by atoms with van der Waals surface area (Å²) in [7, 11) is 0. The molecule has 0 bridgehead atoms. The summed E-state index contributed by atoms with van der Waals surface area (Å²) < 4.78 is 0. The number of carboxylic acids is 1. The Balaban J connectivity index is 2.13. The van der Waals surface area contributed by atoms with Crippen LogP contribution in [0.5, 0.6) is 0 Å². The summed E-state index contributed by atoms with van der Waals surface area (Å²) in [6, 6.07) is 0. The number of amides is 2. The molecule has 1 aliphatic rings. The standard InChI is InChI=1S/C12H20N2O4/c15-10(5-4-6-12(17)18)13-9-11(16)14-7-2-1-3-8-14/h1-9H2,(H,13,15)(H,17,18). The van der Waals surface area contributed by atoms with Crippen molar-refractivity contribution in [3.05, 3.63) is 0 Å². The molecule has 1 saturated heterocycles. The highest BCUT2D eigenvalue weighted by Crippen LogP contribution is 2.08. The van der Waals surface area contributed by atoms with Gasteiger partial charge in [-0.05, 0) is 25.7 Å². The van der Waals surface area contributed by atoms with Crippen LogP contribution in [0.25, 0.3) is 0 Å². The van der Waals surface area contributed by atoms with Crippen LogP contribution in [0.15, 0.2) is 0 Å². The molecule has 0 spiro atoms. The highest BCUT2D eigenvalue weighted by Gasteiger charge is 2.16. The molecule has 0 aromatic carbocycles. The van der Waals surface area contributed by atoms with Crippen molar-refractivity contribution >= 4 is 17.8 Å². The number of hydrogen-bond acceptors (Lipinski definition) is 3. The molecule has 0 saturated carbocycles. The zero-order valence-electron chi connectivity index (χ0n) is 10.5. The number of carbonyl (C=O) groups excluding carboxylic acids is 2. The van der Waals surface area contributed by atoms with Gasteiger partial charge in [-0.15, -0.1) is 0 Å². The van der Waals surface area contributed by atoms with Crippen LogP contribution in [-0.4, -0.2) is 47.4 Å². The highest BCUT2D eigenvalue weighted by molar-refractivity contribution is 5.84. The van der Waals surface area contributed by atoms with Gasteiger partial charge in [-0.25, -0.2) is 0 Å². The molecule has 0 atom stereocenters. The van der Waals surface area contributed by atoms with E-state index in [-0.39, 0.29) is 31.2 Å². The summed E-state index contributed by atoms with van der Waals surface area (Å²) >= 11 is 0. The number of hydrogen-bond donors (Lipinski definition) is 2. The van der Waals surface area contributed by atoms with E-state index in [1.165, 1.54) is 0 Å². The van der Waals surface area contributed by atoms with E-state index < -0.39 is 5.97 Å². The summed E-state index contributed by atoms with van der Waals surface area (Å²) in [4.78, 5) is 35.1. The maximum Gasteiger partial charge on any atom is 0.303 e. The van der Waals surface area contributed by atoms with Gasteiger partial charge in [-0.1, -0.05) is 0 Å². The van der Waals surface area contributed by atoms with Crippen LogP contribution in [0.4, 0.5) is 0 Å². The van der Waals surface area contributed by atoms with Crippen molar-refractivity contribution in [3.63, 3.8) is 0 Å². The molecule has 2 amide bonds. The Kier molecular flexibility index (Phi) is 6.18. The lowest BCUT2D eigenvalue weighted by Gasteiger charge is -2.26. The predicted octanol–water partition coefficient (Wildman–Crippen LogP) is 0.370. The molecule has 0 aromatic rings. The minimum Gasteiger partial charge on any atom is -0.481 e. The number of nitrogens with zero attached hydrogens (tertiary/aromatic N) is 1. The summed E-state index contributed by atoms with van der Waals surface area (Å²) in [5.41, 5.74) is 0. The van der Waals surface area contributed by atoms with Gasteiger partial charge >= 0.3 is 5.97 Å². The summed E-state index contributed by atoms with van der Waals surface area (Å²) in [5, 5.41) is 11.0. The van der Waals surface area contributed by atoms with E-state index in [0.717, 1.165) is 32.4 Å². The summed E-state index contributed by atoms with van der Waals surface area (Å²) in [5.74, 6) is -1.23. The van der Waals surface area contributed by atoms with Crippen LogP contribution < -0.4 is 5.32 Å². The van der Waals surface area contributed by atoms with Gasteiger partial charge in [0.1, 0.15) is 0 Å². The first-order valence-corrected chi connectivity index (χ1v) is 6.36. The van der Waals surface area contributed by atoms with Crippen molar-refractivity contribution in [1.82, 2.24) is 10.2 Å². The molecule has 1 aliphatic heterocycles. The molecule has 0 radical (unpaired) electrons. The molecule has 0 unspecified atom stereocenters. The van der Waals surface area contributed by atoms with Gasteiger partial charge in [0.2, 0.25) is 11.8 Å². The van der Waals surface area contributed by atoms with Crippen molar-refractivity contribution in [2.75, 3.05) is 19.6 Å². The maximum absolute atomic E-state index is 11.7. The minimum atomic E-state index is -0.910. The Bertz CT molecular complexity index is 311. The van der Waals surface area contributed by atoms with E-state index >= 15 is 0 Å². The number of carboxylic acid groups (broad SMARTS) is 1. The monoisotopic (exact) mass is 256 g/mol. The average molecular weight is 256 g/mol. The zero-order valence-corrected chi connectivity index (χ0v) is 10.5. The Morgan fingerprint density at radius 3 is 2.33 bits per heavy atom. The SMILES string of the molecule is O=C(O)CCCC(=O)NCC(=O)N1CCCCC1. The third-order valence-corrected chi connectivity index (χ3v) is 2.94. The van der Waals surface area contributed by atoms with Crippen LogP contribution in [0.1, 0.15) is 38.5 Å². The minimum absolute atomic E-state index is 0.0197. The molecule has 0 aliphatic carbocycles. The molecule has 1 heterocycles. The number of piperidine rings is 1. The number of nitrogens with one attached hydrogen (secondary N) is 1. The molecule has 2 N–H and O–H groups in total. The van der Waals surface area contributed by atoms with Gasteiger partial charge in [0.15, 0.2) is 0 Å². The first-order valence-electron chi connectivity index (χ1n) is 6.36. The van der Waals surface area contributed by atoms with Gasteiger partial charge in [0.05, 0.1) is 6.54 Å². The normalized spacial score (nSPS) is 15.2. The topological polar surface area (TPSA) is 86.7 Å². The van der Waals surface area contributed by atoms with E-state index in [0.29, 0.717) is 6.42 Å². The van der Waals surface area contributed by atoms with Gasteiger partial charge in [-0.2, -0.15) is 0 Å². The molecule has 1 rings (SSSR count). The van der Waals surface area contributed by atoms with E-state index in [9.17, 15) is 14.4 Å². The Labute approximate surface area is 106 Å². The molecule has 102 valence electrons. The Hall–Kier alpha value is -1.59. The molecular formula is C12H20N2O4. The second-order valence-corrected chi connectivity index (χ2v) is 4.47. The predicted molar refractivity (Wildman–Crippen MR) is 64.9 cm³/mol. The third-order valence-electron chi connectivity index (χ3n) is 2.94. The number of carbonyl (C=O) groups is 3. The fourth-order valence-electron chi connectivity index (χ4n) is 1.92. The average Bonchev–Trinajstić information content (AvgIpc) is 2.36. The lowest BCUT2D eigenvalue weighted by molar-refractivity contribution is -0.137. The van der Waals surface area contributed by atoms with Crippen LogP contribution in [0.3, 0.4) is 0 Å². The van der Waals surface area contributed by atoms with Crippen LogP contribution >= 0.6 is 0 Å². The molecule has 1 fully saturated rings. The van der Waals surface area contributed by atoms with Crippen LogP contribution in [0.2, 0.25) is 0 Å². The molecule has 6 heteroatoms. The third kappa shape index (κ3) is 5.65. The summed E-state index contributed by atoms with van der Waals surface area (Å²) in [6.45, 7) is 1.56. The molecule has 18 heavy (non-hydrogen) atoms. The first kappa shape index (κ1) is 14.5. The summed E-state index contributed by atoms with van der Waals surface area (Å²) in [6.07, 6.45) is 3.65. The van der Waals surface area contributed by atoms with Gasteiger partial charge in [0, 0.05) is 25.9 Å². The van der Waals surface area contributed by atoms with Crippen LogP contribution in [0, 0.1) is 0 Å². The van der Waals surface area contributed by atoms with Gasteiger partial charge < -0.3 is 15.3 Å². The fraction of sp³-hybridized carbons (Fsp3) is 0.750. The van der Waals surface area contributed by atoms with Crippen molar-refractivity contribution in [1.29, 1.82) is 0 Å². The lowest BCUT2D eigenvalue weighted by atomic mass is 10.1. The molecule has 0 aromatic heterocycles. The van der Waals surface area contributed by atoms with Gasteiger partial charge in [0.25, 0.3) is 0 Å². The lowest BCUT2D eigenvalue weighted by Crippen LogP contribution is -2.42. The largest absolute Gasteiger partial charge is 0.481 e.